The number of anilines is 1. The van der Waals surface area contributed by atoms with Gasteiger partial charge in [-0.1, -0.05) is 6.08 Å². The molecule has 184 valence electrons. The van der Waals surface area contributed by atoms with E-state index in [0.29, 0.717) is 24.3 Å². The van der Waals surface area contributed by atoms with E-state index in [4.69, 9.17) is 9.47 Å². The van der Waals surface area contributed by atoms with Crippen LogP contribution in [0.5, 0.6) is 5.75 Å². The summed E-state index contributed by atoms with van der Waals surface area (Å²) in [6, 6.07) is 6.47. The summed E-state index contributed by atoms with van der Waals surface area (Å²) in [5.74, 6) is -1.20. The number of rotatable bonds is 10. The van der Waals surface area contributed by atoms with Gasteiger partial charge >= 0.3 is 5.97 Å². The fraction of sp³-hybridized carbons (Fsp3) is 0.560. The Morgan fingerprint density at radius 2 is 2.09 bits per heavy atom. The molecule has 34 heavy (non-hydrogen) atoms. The number of thioether (sulfide) groups is 1. The highest BCUT2D eigenvalue weighted by molar-refractivity contribution is 8.02. The number of carbonyl (C=O) groups excluding carboxylic acids is 3. The van der Waals surface area contributed by atoms with Gasteiger partial charge in [-0.2, -0.15) is 0 Å². The van der Waals surface area contributed by atoms with Crippen molar-refractivity contribution in [2.45, 2.75) is 42.2 Å². The molecular formula is C25H32N2O6S. The standard InChI is InChI=1S/C25H32N2O6S/c1-4-13-26(16-7-9-17(32-3)10-8-16)23(30)21-25-12-11-18(34-25)19(24(31)33-5-2)20(25)22(29)27(21)14-6-15-28/h4,7-10,18-21,28H,1,5-6,11-15H2,2-3H3/t18-,19+,20+,21?,25?/m1/s1. The maximum absolute atomic E-state index is 14.2. The summed E-state index contributed by atoms with van der Waals surface area (Å²) in [6.07, 6.45) is 3.47. The van der Waals surface area contributed by atoms with E-state index in [1.54, 1.807) is 53.8 Å². The molecule has 1 spiro atoms. The van der Waals surface area contributed by atoms with Gasteiger partial charge in [0.15, 0.2) is 0 Å². The molecule has 0 aliphatic carbocycles. The van der Waals surface area contributed by atoms with E-state index in [2.05, 4.69) is 6.58 Å². The van der Waals surface area contributed by atoms with Crippen LogP contribution in [-0.2, 0) is 19.1 Å². The zero-order valence-corrected chi connectivity index (χ0v) is 20.5. The number of fused-ring (bicyclic) bond motifs is 1. The highest BCUT2D eigenvalue weighted by Crippen LogP contribution is 2.66. The van der Waals surface area contributed by atoms with Crippen molar-refractivity contribution in [2.24, 2.45) is 11.8 Å². The average molecular weight is 489 g/mol. The summed E-state index contributed by atoms with van der Waals surface area (Å²) in [6.45, 7) is 6.28. The molecule has 1 aromatic rings. The Kier molecular flexibility index (Phi) is 7.23. The lowest BCUT2D eigenvalue weighted by Crippen LogP contribution is -2.55. The number of amides is 2. The number of nitrogens with zero attached hydrogens (tertiary/aromatic N) is 2. The first-order valence-electron chi connectivity index (χ1n) is 11.8. The summed E-state index contributed by atoms with van der Waals surface area (Å²) in [4.78, 5) is 44.0. The SMILES string of the molecule is C=CCN(C(=O)C1N(CCCO)C(=O)[C@@H]2[C@@H](C(=O)OCC)[C@H]3CCC12S3)c1ccc(OC)cc1. The van der Waals surface area contributed by atoms with Crippen molar-refractivity contribution in [3.05, 3.63) is 36.9 Å². The van der Waals surface area contributed by atoms with Crippen LogP contribution in [0.15, 0.2) is 36.9 Å². The zero-order valence-electron chi connectivity index (χ0n) is 19.6. The van der Waals surface area contributed by atoms with Crippen molar-refractivity contribution in [1.29, 1.82) is 0 Å². The zero-order chi connectivity index (χ0) is 24.5. The van der Waals surface area contributed by atoms with Crippen LogP contribution in [0.1, 0.15) is 26.2 Å². The van der Waals surface area contributed by atoms with E-state index in [9.17, 15) is 19.5 Å². The molecule has 3 aliphatic heterocycles. The molecule has 0 radical (unpaired) electrons. The van der Waals surface area contributed by atoms with Crippen LogP contribution in [0, 0.1) is 11.8 Å². The third-order valence-electron chi connectivity index (χ3n) is 7.11. The smallest absolute Gasteiger partial charge is 0.310 e. The molecule has 2 amide bonds. The van der Waals surface area contributed by atoms with Crippen molar-refractivity contribution in [3.8, 4) is 5.75 Å². The van der Waals surface area contributed by atoms with Crippen LogP contribution in [0.3, 0.4) is 0 Å². The predicted molar refractivity (Wildman–Crippen MR) is 130 cm³/mol. The van der Waals surface area contributed by atoms with Gasteiger partial charge in [-0.15, -0.1) is 18.3 Å². The van der Waals surface area contributed by atoms with Crippen molar-refractivity contribution in [2.75, 3.05) is 38.3 Å². The Balaban J connectivity index is 1.74. The first-order valence-corrected chi connectivity index (χ1v) is 12.6. The first kappa shape index (κ1) is 24.6. The predicted octanol–water partition coefficient (Wildman–Crippen LogP) is 2.25. The fourth-order valence-electron chi connectivity index (χ4n) is 5.78. The average Bonchev–Trinajstić information content (AvgIpc) is 3.48. The summed E-state index contributed by atoms with van der Waals surface area (Å²) in [5.41, 5.74) is 0.680. The largest absolute Gasteiger partial charge is 0.497 e. The molecule has 2 bridgehead atoms. The second-order valence-corrected chi connectivity index (χ2v) is 10.5. The number of ether oxygens (including phenoxy) is 2. The Hall–Kier alpha value is -2.52. The van der Waals surface area contributed by atoms with Crippen LogP contribution < -0.4 is 9.64 Å². The lowest BCUT2D eigenvalue weighted by molar-refractivity contribution is -0.153. The minimum Gasteiger partial charge on any atom is -0.497 e. The van der Waals surface area contributed by atoms with Crippen LogP contribution in [0.2, 0.25) is 0 Å². The molecular weight excluding hydrogens is 456 g/mol. The van der Waals surface area contributed by atoms with Crippen molar-refractivity contribution in [3.63, 3.8) is 0 Å². The van der Waals surface area contributed by atoms with Gasteiger partial charge in [0.1, 0.15) is 11.8 Å². The Labute approximate surface area is 204 Å². The van der Waals surface area contributed by atoms with E-state index in [1.807, 2.05) is 12.1 Å². The number of esters is 1. The molecule has 8 nitrogen and oxygen atoms in total. The Morgan fingerprint density at radius 1 is 1.35 bits per heavy atom. The third kappa shape index (κ3) is 3.88. The minimum absolute atomic E-state index is 0.0304. The van der Waals surface area contributed by atoms with Crippen LogP contribution in [0.25, 0.3) is 0 Å². The number of aliphatic hydroxyl groups is 1. The Morgan fingerprint density at radius 3 is 2.71 bits per heavy atom. The molecule has 0 aromatic heterocycles. The number of aliphatic hydroxyl groups excluding tert-OH is 1. The van der Waals surface area contributed by atoms with Crippen LogP contribution >= 0.6 is 11.8 Å². The highest BCUT2D eigenvalue weighted by atomic mass is 32.2. The van der Waals surface area contributed by atoms with Gasteiger partial charge in [0.25, 0.3) is 5.91 Å². The van der Waals surface area contributed by atoms with Crippen molar-refractivity contribution >= 4 is 35.2 Å². The van der Waals surface area contributed by atoms with Crippen molar-refractivity contribution in [1.82, 2.24) is 4.90 Å². The molecule has 1 aromatic carbocycles. The van der Waals surface area contributed by atoms with Crippen molar-refractivity contribution < 1.29 is 29.0 Å². The summed E-state index contributed by atoms with van der Waals surface area (Å²) >= 11 is 1.61. The molecule has 3 aliphatic rings. The van der Waals surface area contributed by atoms with E-state index in [1.165, 1.54) is 0 Å². The molecule has 3 saturated heterocycles. The summed E-state index contributed by atoms with van der Waals surface area (Å²) in [5, 5.41) is 9.43. The molecule has 0 saturated carbocycles. The lowest BCUT2D eigenvalue weighted by atomic mass is 9.71. The lowest BCUT2D eigenvalue weighted by Gasteiger charge is -2.37. The van der Waals surface area contributed by atoms with Gasteiger partial charge in [-0.3, -0.25) is 14.4 Å². The van der Waals surface area contributed by atoms with Gasteiger partial charge in [0, 0.05) is 30.6 Å². The van der Waals surface area contributed by atoms with Gasteiger partial charge in [-0.05, 0) is 50.5 Å². The monoisotopic (exact) mass is 488 g/mol. The molecule has 3 fully saturated rings. The van der Waals surface area contributed by atoms with Gasteiger partial charge in [0.2, 0.25) is 5.91 Å². The number of hydrogen-bond acceptors (Lipinski definition) is 7. The second kappa shape index (κ2) is 10.00. The number of benzene rings is 1. The Bertz CT molecular complexity index is 953. The molecule has 2 unspecified atom stereocenters. The number of hydrogen-bond donors (Lipinski definition) is 1. The van der Waals surface area contributed by atoms with E-state index >= 15 is 0 Å². The van der Waals surface area contributed by atoms with Crippen LogP contribution in [-0.4, -0.2) is 77.2 Å². The number of methoxy groups -OCH3 is 1. The third-order valence-corrected chi connectivity index (χ3v) is 9.06. The molecule has 5 atom stereocenters. The topological polar surface area (TPSA) is 96.4 Å². The van der Waals surface area contributed by atoms with Gasteiger partial charge in [-0.25, -0.2) is 0 Å². The fourth-order valence-corrected chi connectivity index (χ4v) is 7.98. The molecule has 1 N–H and O–H groups in total. The van der Waals surface area contributed by atoms with Gasteiger partial charge < -0.3 is 24.4 Å². The van der Waals surface area contributed by atoms with E-state index in [0.717, 1.165) is 6.42 Å². The minimum atomic E-state index is -0.729. The van der Waals surface area contributed by atoms with E-state index in [-0.39, 0.29) is 49.3 Å². The number of carbonyl (C=O) groups is 3. The van der Waals surface area contributed by atoms with Gasteiger partial charge in [0.05, 0.1) is 30.3 Å². The highest BCUT2D eigenvalue weighted by Gasteiger charge is 2.74. The second-order valence-electron chi connectivity index (χ2n) is 8.85. The number of likely N-dealkylation sites (tertiary alicyclic amines) is 1. The summed E-state index contributed by atoms with van der Waals surface area (Å²) in [7, 11) is 1.58. The maximum Gasteiger partial charge on any atom is 0.310 e. The maximum atomic E-state index is 14.2. The van der Waals surface area contributed by atoms with Crippen LogP contribution in [0.4, 0.5) is 5.69 Å². The quantitative estimate of drug-likeness (QED) is 0.399. The normalized spacial score (nSPS) is 29.1. The molecule has 3 heterocycles. The first-order chi connectivity index (χ1) is 16.4. The van der Waals surface area contributed by atoms with E-state index < -0.39 is 22.6 Å². The summed E-state index contributed by atoms with van der Waals surface area (Å²) < 4.78 is 9.90. The molecule has 4 rings (SSSR count). The molecule has 9 heteroatoms.